The van der Waals surface area contributed by atoms with E-state index in [-0.39, 0.29) is 0 Å². The molecule has 0 unspecified atom stereocenters. The van der Waals surface area contributed by atoms with E-state index in [9.17, 15) is 0 Å². The molecule has 0 spiro atoms. The van der Waals surface area contributed by atoms with Crippen LogP contribution in [0.15, 0.2) is 41.2 Å². The molecule has 0 bridgehead atoms. The lowest BCUT2D eigenvalue weighted by Crippen LogP contribution is -2.06. The molecule has 0 aliphatic rings. The zero-order chi connectivity index (χ0) is 11.6. The lowest BCUT2D eigenvalue weighted by molar-refractivity contribution is 0.883. The van der Waals surface area contributed by atoms with E-state index in [0.717, 1.165) is 23.3 Å². The normalized spacial score (nSPS) is 9.57. The van der Waals surface area contributed by atoms with Crippen molar-refractivity contribution in [3.05, 3.63) is 36.1 Å². The van der Waals surface area contributed by atoms with Gasteiger partial charge in [-0.25, -0.2) is 0 Å². The zero-order valence-corrected chi connectivity index (χ0v) is 9.85. The SMILES string of the molecule is C=NN/C(=C/C(=C)C)C(=C)CC.CC. The first-order valence-corrected chi connectivity index (χ1v) is 4.88. The van der Waals surface area contributed by atoms with Crippen molar-refractivity contribution in [3.63, 3.8) is 0 Å². The van der Waals surface area contributed by atoms with Crippen LogP contribution in [0.3, 0.4) is 0 Å². The van der Waals surface area contributed by atoms with Crippen molar-refractivity contribution >= 4 is 6.72 Å². The van der Waals surface area contributed by atoms with Gasteiger partial charge in [0.05, 0.1) is 5.70 Å². The standard InChI is InChI=1S/C10H16N2.C2H6/c1-6-9(4)10(12-11-5)7-8(2)3;1-2/h7,12H,2,4-6H2,1,3H3;1-2H3/b10-7+;. The van der Waals surface area contributed by atoms with Crippen molar-refractivity contribution in [2.75, 3.05) is 0 Å². The van der Waals surface area contributed by atoms with E-state index < -0.39 is 0 Å². The Hall–Kier alpha value is -1.31. The van der Waals surface area contributed by atoms with Gasteiger partial charge in [0.2, 0.25) is 0 Å². The predicted molar refractivity (Wildman–Crippen MR) is 66.4 cm³/mol. The molecule has 0 fully saturated rings. The van der Waals surface area contributed by atoms with Gasteiger partial charge in [0, 0.05) is 6.72 Å². The van der Waals surface area contributed by atoms with E-state index in [1.165, 1.54) is 0 Å². The summed E-state index contributed by atoms with van der Waals surface area (Å²) in [5.74, 6) is 0. The third-order valence-electron chi connectivity index (χ3n) is 1.40. The minimum atomic E-state index is 0.889. The smallest absolute Gasteiger partial charge is 0.0589 e. The summed E-state index contributed by atoms with van der Waals surface area (Å²) >= 11 is 0. The fourth-order valence-corrected chi connectivity index (χ4v) is 0.735. The number of rotatable bonds is 5. The van der Waals surface area contributed by atoms with Gasteiger partial charge in [-0.15, -0.1) is 0 Å². The Morgan fingerprint density at radius 1 is 1.36 bits per heavy atom. The summed E-state index contributed by atoms with van der Waals surface area (Å²) in [5, 5.41) is 3.59. The van der Waals surface area contributed by atoms with Gasteiger partial charge in [-0.2, -0.15) is 5.10 Å². The lowest BCUT2D eigenvalue weighted by atomic mass is 10.1. The summed E-state index contributed by atoms with van der Waals surface area (Å²) in [5.41, 5.74) is 5.64. The largest absolute Gasteiger partial charge is 0.279 e. The molecule has 14 heavy (non-hydrogen) atoms. The third-order valence-corrected chi connectivity index (χ3v) is 1.40. The Kier molecular flexibility index (Phi) is 10.6. The van der Waals surface area contributed by atoms with Crippen molar-refractivity contribution in [3.8, 4) is 0 Å². The highest BCUT2D eigenvalue weighted by atomic mass is 15.3. The fourth-order valence-electron chi connectivity index (χ4n) is 0.735. The maximum Gasteiger partial charge on any atom is 0.0589 e. The molecule has 80 valence electrons. The van der Waals surface area contributed by atoms with Gasteiger partial charge >= 0.3 is 0 Å². The molecule has 0 amide bonds. The number of hydrazone groups is 1. The third kappa shape index (κ3) is 7.35. The van der Waals surface area contributed by atoms with Crippen LogP contribution in [0.5, 0.6) is 0 Å². The van der Waals surface area contributed by atoms with Crippen LogP contribution in [0.25, 0.3) is 0 Å². The van der Waals surface area contributed by atoms with Crippen LogP contribution in [-0.2, 0) is 0 Å². The van der Waals surface area contributed by atoms with E-state index in [1.54, 1.807) is 0 Å². The zero-order valence-electron chi connectivity index (χ0n) is 9.85. The molecule has 0 aromatic rings. The number of allylic oxidation sites excluding steroid dienone is 3. The van der Waals surface area contributed by atoms with Gasteiger partial charge in [0.1, 0.15) is 0 Å². The first kappa shape index (κ1) is 15.2. The van der Waals surface area contributed by atoms with Gasteiger partial charge in [-0.05, 0) is 25.0 Å². The molecule has 0 aromatic heterocycles. The molecule has 1 N–H and O–H groups in total. The Balaban J connectivity index is 0. The minimum Gasteiger partial charge on any atom is -0.279 e. The van der Waals surface area contributed by atoms with E-state index in [4.69, 9.17) is 0 Å². The number of nitrogens with one attached hydrogen (secondary N) is 1. The molecule has 2 heteroatoms. The van der Waals surface area contributed by atoms with Crippen LogP contribution >= 0.6 is 0 Å². The van der Waals surface area contributed by atoms with E-state index in [2.05, 4.69) is 30.4 Å². The summed E-state index contributed by atoms with van der Waals surface area (Å²) < 4.78 is 0. The van der Waals surface area contributed by atoms with Crippen LogP contribution in [0.2, 0.25) is 0 Å². The van der Waals surface area contributed by atoms with E-state index in [0.29, 0.717) is 0 Å². The summed E-state index contributed by atoms with van der Waals surface area (Å²) in [6.45, 7) is 19.0. The molecule has 0 aliphatic heterocycles. The highest BCUT2D eigenvalue weighted by Gasteiger charge is 1.97. The van der Waals surface area contributed by atoms with Crippen molar-refractivity contribution < 1.29 is 0 Å². The predicted octanol–water partition coefficient (Wildman–Crippen LogP) is 3.64. The molecule has 0 radical (unpaired) electrons. The van der Waals surface area contributed by atoms with Crippen LogP contribution < -0.4 is 5.43 Å². The molecule has 0 rings (SSSR count). The quantitative estimate of drug-likeness (QED) is 0.403. The van der Waals surface area contributed by atoms with Gasteiger partial charge in [-0.1, -0.05) is 39.5 Å². The molecule has 0 saturated carbocycles. The second-order valence-electron chi connectivity index (χ2n) is 2.63. The summed E-state index contributed by atoms with van der Waals surface area (Å²) in [7, 11) is 0. The summed E-state index contributed by atoms with van der Waals surface area (Å²) in [6, 6.07) is 0. The van der Waals surface area contributed by atoms with Crippen LogP contribution in [-0.4, -0.2) is 6.72 Å². The lowest BCUT2D eigenvalue weighted by Gasteiger charge is -2.07. The molecule has 0 atom stereocenters. The van der Waals surface area contributed by atoms with E-state index >= 15 is 0 Å². The molecular formula is C12H22N2. The van der Waals surface area contributed by atoms with Crippen LogP contribution in [0.1, 0.15) is 34.1 Å². The Bertz CT molecular complexity index is 224. The average Bonchev–Trinajstić information content (AvgIpc) is 2.18. The van der Waals surface area contributed by atoms with Crippen molar-refractivity contribution in [2.45, 2.75) is 34.1 Å². The monoisotopic (exact) mass is 194 g/mol. The van der Waals surface area contributed by atoms with Crippen LogP contribution in [0.4, 0.5) is 0 Å². The van der Waals surface area contributed by atoms with Gasteiger partial charge in [0.25, 0.3) is 0 Å². The van der Waals surface area contributed by atoms with Crippen LogP contribution in [0, 0.1) is 0 Å². The Morgan fingerprint density at radius 2 is 1.86 bits per heavy atom. The van der Waals surface area contributed by atoms with Crippen molar-refractivity contribution in [1.29, 1.82) is 0 Å². The fraction of sp³-hybridized carbons (Fsp3) is 0.417. The van der Waals surface area contributed by atoms with Crippen molar-refractivity contribution in [1.82, 2.24) is 5.43 Å². The molecular weight excluding hydrogens is 172 g/mol. The summed E-state index contributed by atoms with van der Waals surface area (Å²) in [4.78, 5) is 0. The number of hydrogen-bond acceptors (Lipinski definition) is 2. The molecule has 0 saturated heterocycles. The molecule has 0 aromatic carbocycles. The molecule has 0 heterocycles. The second kappa shape index (κ2) is 9.78. The maximum absolute atomic E-state index is 3.89. The molecule has 0 aliphatic carbocycles. The molecule has 2 nitrogen and oxygen atoms in total. The average molecular weight is 194 g/mol. The van der Waals surface area contributed by atoms with E-state index in [1.807, 2.05) is 33.8 Å². The first-order chi connectivity index (χ1) is 6.61. The van der Waals surface area contributed by atoms with Crippen molar-refractivity contribution in [2.24, 2.45) is 5.10 Å². The topological polar surface area (TPSA) is 24.4 Å². The van der Waals surface area contributed by atoms with Gasteiger partial charge in [-0.3, -0.25) is 5.43 Å². The maximum atomic E-state index is 3.89. The summed E-state index contributed by atoms with van der Waals surface area (Å²) in [6.07, 6.45) is 2.79. The minimum absolute atomic E-state index is 0.889. The highest BCUT2D eigenvalue weighted by molar-refractivity contribution is 5.33. The Labute approximate surface area is 88.1 Å². The highest BCUT2D eigenvalue weighted by Crippen LogP contribution is 2.10. The first-order valence-electron chi connectivity index (χ1n) is 4.88. The number of hydrogen-bond donors (Lipinski definition) is 1. The second-order valence-corrected chi connectivity index (χ2v) is 2.63. The van der Waals surface area contributed by atoms with Gasteiger partial charge in [0.15, 0.2) is 0 Å². The van der Waals surface area contributed by atoms with Gasteiger partial charge < -0.3 is 0 Å². The Morgan fingerprint density at radius 3 is 2.14 bits per heavy atom. The number of nitrogens with zero attached hydrogens (tertiary/aromatic N) is 1.